The van der Waals surface area contributed by atoms with Crippen molar-refractivity contribution in [3.63, 3.8) is 0 Å². The number of nitrogens with zero attached hydrogens (tertiary/aromatic N) is 1. The number of nitro benzene ring substituents is 1. The molecule has 0 aliphatic carbocycles. The number of nitrogens with one attached hydrogen (secondary N) is 2. The van der Waals surface area contributed by atoms with Crippen LogP contribution in [-0.4, -0.2) is 29.0 Å². The first kappa shape index (κ1) is 13.3. The van der Waals surface area contributed by atoms with E-state index in [1.807, 2.05) is 0 Å². The van der Waals surface area contributed by atoms with Crippen LogP contribution in [0.1, 0.15) is 12.8 Å². The molecule has 1 saturated heterocycles. The number of hydrogen-bond donors (Lipinski definition) is 3. The van der Waals surface area contributed by atoms with E-state index in [2.05, 4.69) is 10.6 Å². The Kier molecular flexibility index (Phi) is 3.96. The predicted octanol–water partition coefficient (Wildman–Crippen LogP) is 1.24. The Hall–Kier alpha value is -2.15. The second-order valence-electron chi connectivity index (χ2n) is 4.49. The van der Waals surface area contributed by atoms with E-state index in [1.54, 1.807) is 0 Å². The van der Waals surface area contributed by atoms with Gasteiger partial charge >= 0.3 is 0 Å². The van der Waals surface area contributed by atoms with Crippen LogP contribution in [0, 0.1) is 16.0 Å². The third-order valence-electron chi connectivity index (χ3n) is 3.12. The molecule has 0 radical (unpaired) electrons. The molecule has 1 heterocycles. The highest BCUT2D eigenvalue weighted by molar-refractivity contribution is 5.94. The third-order valence-corrected chi connectivity index (χ3v) is 3.12. The molecule has 0 spiro atoms. The van der Waals surface area contributed by atoms with Crippen molar-refractivity contribution in [3.05, 3.63) is 28.3 Å². The Morgan fingerprint density at radius 1 is 1.53 bits per heavy atom. The monoisotopic (exact) mass is 265 g/mol. The number of nitro groups is 1. The molecule has 1 fully saturated rings. The van der Waals surface area contributed by atoms with E-state index in [-0.39, 0.29) is 28.9 Å². The normalized spacial score (nSPS) is 18.8. The zero-order chi connectivity index (χ0) is 13.8. The number of phenols is 1. The van der Waals surface area contributed by atoms with Gasteiger partial charge in [-0.1, -0.05) is 0 Å². The molecular weight excluding hydrogens is 250 g/mol. The first-order valence-corrected chi connectivity index (χ1v) is 6.07. The fraction of sp³-hybridized carbons (Fsp3) is 0.417. The summed E-state index contributed by atoms with van der Waals surface area (Å²) in [7, 11) is 0. The molecule has 0 unspecified atom stereocenters. The first-order chi connectivity index (χ1) is 9.08. The molecule has 1 atom stereocenters. The fourth-order valence-corrected chi connectivity index (χ4v) is 2.05. The van der Waals surface area contributed by atoms with Crippen LogP contribution in [0.15, 0.2) is 18.2 Å². The molecule has 7 heteroatoms. The topological polar surface area (TPSA) is 104 Å². The number of hydrogen-bond acceptors (Lipinski definition) is 5. The van der Waals surface area contributed by atoms with E-state index in [0.717, 1.165) is 25.5 Å². The largest absolute Gasteiger partial charge is 0.506 e. The standard InChI is InChI=1S/C12H15N3O4/c16-11-6-9(15(18)19)3-4-10(11)14-12(17)8-2-1-5-13-7-8/h3-4,6,8,13,16H,1-2,5,7H2,(H,14,17)/t8-/m1/s1. The maximum Gasteiger partial charge on any atom is 0.273 e. The number of aromatic hydroxyl groups is 1. The third kappa shape index (κ3) is 3.19. The number of amides is 1. The molecule has 0 bridgehead atoms. The molecule has 19 heavy (non-hydrogen) atoms. The lowest BCUT2D eigenvalue weighted by Gasteiger charge is -2.22. The maximum atomic E-state index is 11.9. The molecule has 1 amide bonds. The highest BCUT2D eigenvalue weighted by atomic mass is 16.6. The summed E-state index contributed by atoms with van der Waals surface area (Å²) in [6.45, 7) is 1.52. The minimum Gasteiger partial charge on any atom is -0.506 e. The summed E-state index contributed by atoms with van der Waals surface area (Å²) in [6.07, 6.45) is 1.73. The maximum absolute atomic E-state index is 11.9. The molecule has 1 aromatic rings. The Morgan fingerprint density at radius 2 is 2.32 bits per heavy atom. The fourth-order valence-electron chi connectivity index (χ4n) is 2.05. The molecular formula is C12H15N3O4. The second-order valence-corrected chi connectivity index (χ2v) is 4.49. The molecule has 1 aliphatic rings. The molecule has 102 valence electrons. The van der Waals surface area contributed by atoms with Crippen molar-refractivity contribution in [1.82, 2.24) is 5.32 Å². The smallest absolute Gasteiger partial charge is 0.273 e. The van der Waals surface area contributed by atoms with Crippen molar-refractivity contribution in [1.29, 1.82) is 0 Å². The molecule has 3 N–H and O–H groups in total. The number of piperidine rings is 1. The zero-order valence-electron chi connectivity index (χ0n) is 10.3. The highest BCUT2D eigenvalue weighted by Gasteiger charge is 2.22. The van der Waals surface area contributed by atoms with Gasteiger partial charge in [0.1, 0.15) is 5.75 Å². The Bertz CT molecular complexity index is 498. The van der Waals surface area contributed by atoms with Crippen LogP contribution in [0.25, 0.3) is 0 Å². The lowest BCUT2D eigenvalue weighted by atomic mass is 9.99. The van der Waals surface area contributed by atoms with Crippen molar-refractivity contribution in [2.75, 3.05) is 18.4 Å². The van der Waals surface area contributed by atoms with E-state index < -0.39 is 4.92 Å². The minimum atomic E-state index is -0.601. The number of phenolic OH excluding ortho intramolecular Hbond substituents is 1. The van der Waals surface area contributed by atoms with Gasteiger partial charge in [-0.2, -0.15) is 0 Å². The predicted molar refractivity (Wildman–Crippen MR) is 69.0 cm³/mol. The van der Waals surface area contributed by atoms with E-state index in [1.165, 1.54) is 12.1 Å². The summed E-state index contributed by atoms with van der Waals surface area (Å²) in [5.74, 6) is -0.619. The van der Waals surface area contributed by atoms with Crippen LogP contribution < -0.4 is 10.6 Å². The summed E-state index contributed by atoms with van der Waals surface area (Å²) >= 11 is 0. The summed E-state index contributed by atoms with van der Waals surface area (Å²) in [5, 5.41) is 25.9. The van der Waals surface area contributed by atoms with Crippen LogP contribution in [-0.2, 0) is 4.79 Å². The lowest BCUT2D eigenvalue weighted by Crippen LogP contribution is -2.37. The van der Waals surface area contributed by atoms with Crippen molar-refractivity contribution >= 4 is 17.3 Å². The van der Waals surface area contributed by atoms with Crippen molar-refractivity contribution in [2.45, 2.75) is 12.8 Å². The Labute approximate surface area is 109 Å². The Morgan fingerprint density at radius 3 is 2.89 bits per heavy atom. The van der Waals surface area contributed by atoms with Gasteiger partial charge in [-0.15, -0.1) is 0 Å². The van der Waals surface area contributed by atoms with Gasteiger partial charge in [0, 0.05) is 12.6 Å². The van der Waals surface area contributed by atoms with Gasteiger partial charge in [0.2, 0.25) is 5.91 Å². The quantitative estimate of drug-likeness (QED) is 0.433. The molecule has 0 aromatic heterocycles. The number of non-ortho nitro benzene ring substituents is 1. The van der Waals surface area contributed by atoms with Gasteiger partial charge in [-0.3, -0.25) is 14.9 Å². The van der Waals surface area contributed by atoms with Crippen molar-refractivity contribution < 1.29 is 14.8 Å². The number of anilines is 1. The average molecular weight is 265 g/mol. The number of carbonyl (C=O) groups excluding carboxylic acids is 1. The number of rotatable bonds is 3. The van der Waals surface area contributed by atoms with E-state index in [4.69, 9.17) is 0 Å². The average Bonchev–Trinajstić information content (AvgIpc) is 2.41. The summed E-state index contributed by atoms with van der Waals surface area (Å²) in [4.78, 5) is 21.9. The summed E-state index contributed by atoms with van der Waals surface area (Å²) < 4.78 is 0. The van der Waals surface area contributed by atoms with Gasteiger partial charge < -0.3 is 15.7 Å². The van der Waals surface area contributed by atoms with Crippen LogP contribution in [0.3, 0.4) is 0 Å². The Balaban J connectivity index is 2.06. The molecule has 1 aliphatic heterocycles. The SMILES string of the molecule is O=C(Nc1ccc([N+](=O)[O-])cc1O)[C@@H]1CCCNC1. The number of carbonyl (C=O) groups is 1. The molecule has 1 aromatic carbocycles. The van der Waals surface area contributed by atoms with Gasteiger partial charge in [0.15, 0.2) is 0 Å². The lowest BCUT2D eigenvalue weighted by molar-refractivity contribution is -0.384. The minimum absolute atomic E-state index is 0.136. The van der Waals surface area contributed by atoms with E-state index >= 15 is 0 Å². The zero-order valence-corrected chi connectivity index (χ0v) is 10.3. The van der Waals surface area contributed by atoms with Crippen LogP contribution in [0.4, 0.5) is 11.4 Å². The summed E-state index contributed by atoms with van der Waals surface area (Å²) in [6, 6.07) is 3.60. The molecule has 2 rings (SSSR count). The van der Waals surface area contributed by atoms with E-state index in [0.29, 0.717) is 6.54 Å². The van der Waals surface area contributed by atoms with E-state index in [9.17, 15) is 20.0 Å². The van der Waals surface area contributed by atoms with Crippen LogP contribution >= 0.6 is 0 Å². The highest BCUT2D eigenvalue weighted by Crippen LogP contribution is 2.28. The van der Waals surface area contributed by atoms with Crippen LogP contribution in [0.5, 0.6) is 5.75 Å². The van der Waals surface area contributed by atoms with Gasteiger partial charge in [0.25, 0.3) is 5.69 Å². The van der Waals surface area contributed by atoms with Crippen molar-refractivity contribution in [3.8, 4) is 5.75 Å². The van der Waals surface area contributed by atoms with Gasteiger partial charge in [-0.25, -0.2) is 0 Å². The molecule has 7 nitrogen and oxygen atoms in total. The van der Waals surface area contributed by atoms with Crippen LogP contribution in [0.2, 0.25) is 0 Å². The first-order valence-electron chi connectivity index (χ1n) is 6.07. The van der Waals surface area contributed by atoms with Gasteiger partial charge in [0.05, 0.1) is 22.6 Å². The second kappa shape index (κ2) is 5.66. The van der Waals surface area contributed by atoms with Gasteiger partial charge in [-0.05, 0) is 25.5 Å². The molecule has 0 saturated carbocycles. The summed E-state index contributed by atoms with van der Waals surface area (Å²) in [5.41, 5.74) is -0.0176. The van der Waals surface area contributed by atoms with Crippen molar-refractivity contribution in [2.24, 2.45) is 5.92 Å². The number of benzene rings is 1.